The van der Waals surface area contributed by atoms with Crippen molar-refractivity contribution >= 4 is 5.78 Å². The zero-order valence-electron chi connectivity index (χ0n) is 8.66. The molecule has 0 saturated carbocycles. The van der Waals surface area contributed by atoms with E-state index in [9.17, 15) is 4.79 Å². The molecule has 0 aliphatic carbocycles. The first-order chi connectivity index (χ1) is 7.79. The van der Waals surface area contributed by atoms with Crippen LogP contribution in [0.5, 0.6) is 0 Å². The monoisotopic (exact) mass is 222 g/mol. The van der Waals surface area contributed by atoms with Crippen LogP contribution in [0, 0.1) is 0 Å². The molecule has 0 amide bonds. The molecule has 0 saturated heterocycles. The molecule has 84 valence electrons. The number of hydrogen-bond donors (Lipinski definition) is 0. The van der Waals surface area contributed by atoms with E-state index in [2.05, 4.69) is 15.4 Å². The molecule has 2 heterocycles. The Kier molecular flexibility index (Phi) is 3.06. The van der Waals surface area contributed by atoms with E-state index < -0.39 is 0 Å². The van der Waals surface area contributed by atoms with Gasteiger partial charge >= 0.3 is 0 Å². The van der Waals surface area contributed by atoms with Crippen molar-refractivity contribution in [3.63, 3.8) is 0 Å². The summed E-state index contributed by atoms with van der Waals surface area (Å²) in [6.07, 6.45) is 1.52. The summed E-state index contributed by atoms with van der Waals surface area (Å²) < 4.78 is 9.79. The smallest absolute Gasteiger partial charge is 0.240 e. The number of tetrazole rings is 1. The van der Waals surface area contributed by atoms with E-state index >= 15 is 0 Å². The second-order valence-electron chi connectivity index (χ2n) is 3.09. The van der Waals surface area contributed by atoms with Crippen molar-refractivity contribution in [3.8, 4) is 11.6 Å². The molecule has 7 heteroatoms. The van der Waals surface area contributed by atoms with Crippen molar-refractivity contribution in [2.24, 2.45) is 0 Å². The van der Waals surface area contributed by atoms with Gasteiger partial charge in [-0.05, 0) is 17.3 Å². The minimum atomic E-state index is -0.120. The normalized spacial score (nSPS) is 10.6. The zero-order valence-corrected chi connectivity index (χ0v) is 8.66. The number of carbonyl (C=O) groups excluding carboxylic acids is 1. The van der Waals surface area contributed by atoms with Gasteiger partial charge in [-0.1, -0.05) is 0 Å². The molecule has 0 bridgehead atoms. The second-order valence-corrected chi connectivity index (χ2v) is 3.09. The molecule has 2 rings (SSSR count). The molecular weight excluding hydrogens is 212 g/mol. The average molecular weight is 222 g/mol. The lowest BCUT2D eigenvalue weighted by atomic mass is 10.4. The number of hydrogen-bond acceptors (Lipinski definition) is 6. The average Bonchev–Trinajstić information content (AvgIpc) is 2.86. The Morgan fingerprint density at radius 3 is 3.19 bits per heavy atom. The minimum Gasteiger partial charge on any atom is -0.461 e. The minimum absolute atomic E-state index is 0.0393. The predicted octanol–water partition coefficient (Wildman–Crippen LogP) is 0.149. The maximum absolute atomic E-state index is 11.2. The fourth-order valence-electron chi connectivity index (χ4n) is 1.18. The van der Waals surface area contributed by atoms with Gasteiger partial charge in [0, 0.05) is 7.11 Å². The molecule has 0 aromatic carbocycles. The number of methoxy groups -OCH3 is 1. The Morgan fingerprint density at radius 2 is 2.50 bits per heavy atom. The topological polar surface area (TPSA) is 83.0 Å². The highest BCUT2D eigenvalue weighted by Crippen LogP contribution is 2.12. The highest BCUT2D eigenvalue weighted by molar-refractivity contribution is 5.79. The van der Waals surface area contributed by atoms with Crippen LogP contribution in [0.3, 0.4) is 0 Å². The standard InChI is InChI=1S/C9H10N4O3/c1-15-6-7(14)5-13-11-9(10-12-13)8-3-2-4-16-8/h2-4H,5-6H2,1H3. The lowest BCUT2D eigenvalue weighted by Gasteiger charge is -1.96. The van der Waals surface area contributed by atoms with Crippen molar-refractivity contribution in [2.45, 2.75) is 6.54 Å². The Labute approximate surface area is 91.0 Å². The van der Waals surface area contributed by atoms with Gasteiger partial charge < -0.3 is 9.15 Å². The van der Waals surface area contributed by atoms with Gasteiger partial charge in [0.2, 0.25) is 5.82 Å². The summed E-state index contributed by atoms with van der Waals surface area (Å²) in [6.45, 7) is 0.0825. The second kappa shape index (κ2) is 4.67. The molecule has 0 radical (unpaired) electrons. The van der Waals surface area contributed by atoms with Crippen LogP contribution in [0.25, 0.3) is 11.6 Å². The van der Waals surface area contributed by atoms with Gasteiger partial charge in [0.05, 0.1) is 6.26 Å². The Morgan fingerprint density at radius 1 is 1.62 bits per heavy atom. The third kappa shape index (κ3) is 2.31. The van der Waals surface area contributed by atoms with Crippen LogP contribution in [-0.4, -0.2) is 39.7 Å². The van der Waals surface area contributed by atoms with E-state index in [-0.39, 0.29) is 18.9 Å². The number of furan rings is 1. The molecule has 0 N–H and O–H groups in total. The third-order valence-corrected chi connectivity index (χ3v) is 1.82. The van der Waals surface area contributed by atoms with Crippen molar-refractivity contribution in [2.75, 3.05) is 13.7 Å². The van der Waals surface area contributed by atoms with Crippen molar-refractivity contribution in [1.82, 2.24) is 20.2 Å². The maximum atomic E-state index is 11.2. The summed E-state index contributed by atoms with van der Waals surface area (Å²) in [5, 5.41) is 11.5. The van der Waals surface area contributed by atoms with Crippen LogP contribution in [-0.2, 0) is 16.1 Å². The number of nitrogens with zero attached hydrogens (tertiary/aromatic N) is 4. The van der Waals surface area contributed by atoms with Crippen molar-refractivity contribution < 1.29 is 13.9 Å². The highest BCUT2D eigenvalue weighted by atomic mass is 16.5. The Hall–Kier alpha value is -2.02. The fraction of sp³-hybridized carbons (Fsp3) is 0.333. The van der Waals surface area contributed by atoms with E-state index in [0.29, 0.717) is 11.6 Å². The number of aromatic nitrogens is 4. The number of carbonyl (C=O) groups is 1. The SMILES string of the molecule is COCC(=O)Cn1nnc(-c2ccco2)n1. The summed E-state index contributed by atoms with van der Waals surface area (Å²) in [6, 6.07) is 3.45. The fourth-order valence-corrected chi connectivity index (χ4v) is 1.18. The summed E-state index contributed by atoms with van der Waals surface area (Å²) in [7, 11) is 1.46. The van der Waals surface area contributed by atoms with Crippen LogP contribution in [0.2, 0.25) is 0 Å². The molecule has 7 nitrogen and oxygen atoms in total. The summed E-state index contributed by atoms with van der Waals surface area (Å²) in [5.74, 6) is 0.756. The van der Waals surface area contributed by atoms with E-state index in [1.807, 2.05) is 0 Å². The van der Waals surface area contributed by atoms with Crippen LogP contribution in [0.1, 0.15) is 0 Å². The highest BCUT2D eigenvalue weighted by Gasteiger charge is 2.10. The first-order valence-corrected chi connectivity index (χ1v) is 4.62. The number of ketones is 1. The molecule has 2 aromatic rings. The molecule has 2 aromatic heterocycles. The quantitative estimate of drug-likeness (QED) is 0.716. The van der Waals surface area contributed by atoms with E-state index in [1.54, 1.807) is 12.1 Å². The first kappa shape index (κ1) is 10.5. The van der Waals surface area contributed by atoms with Gasteiger partial charge in [-0.2, -0.15) is 4.80 Å². The van der Waals surface area contributed by atoms with Gasteiger partial charge in [0.1, 0.15) is 13.2 Å². The van der Waals surface area contributed by atoms with Crippen molar-refractivity contribution in [3.05, 3.63) is 18.4 Å². The lowest BCUT2D eigenvalue weighted by molar-refractivity contribution is -0.123. The molecular formula is C9H10N4O3. The molecule has 16 heavy (non-hydrogen) atoms. The van der Waals surface area contributed by atoms with Gasteiger partial charge in [-0.25, -0.2) is 0 Å². The number of ether oxygens (including phenoxy) is 1. The van der Waals surface area contributed by atoms with Crippen molar-refractivity contribution in [1.29, 1.82) is 0 Å². The Balaban J connectivity index is 2.06. The molecule has 0 atom stereocenters. The molecule has 0 fully saturated rings. The van der Waals surface area contributed by atoms with E-state index in [4.69, 9.17) is 9.15 Å². The predicted molar refractivity (Wildman–Crippen MR) is 52.4 cm³/mol. The Bertz CT molecular complexity index is 463. The molecule has 0 aliphatic heterocycles. The summed E-state index contributed by atoms with van der Waals surface area (Å²) in [5.41, 5.74) is 0. The van der Waals surface area contributed by atoms with Gasteiger partial charge in [-0.15, -0.1) is 10.2 Å². The van der Waals surface area contributed by atoms with Gasteiger partial charge in [0.15, 0.2) is 11.5 Å². The zero-order chi connectivity index (χ0) is 11.4. The lowest BCUT2D eigenvalue weighted by Crippen LogP contribution is -2.17. The largest absolute Gasteiger partial charge is 0.461 e. The summed E-state index contributed by atoms with van der Waals surface area (Å²) in [4.78, 5) is 12.4. The van der Waals surface area contributed by atoms with Crippen LogP contribution in [0.15, 0.2) is 22.8 Å². The van der Waals surface area contributed by atoms with Gasteiger partial charge in [-0.3, -0.25) is 4.79 Å². The van der Waals surface area contributed by atoms with Gasteiger partial charge in [0.25, 0.3) is 0 Å². The number of Topliss-reactive ketones (excluding diaryl/α,β-unsaturated/α-hetero) is 1. The molecule has 0 spiro atoms. The maximum Gasteiger partial charge on any atom is 0.240 e. The first-order valence-electron chi connectivity index (χ1n) is 4.62. The third-order valence-electron chi connectivity index (χ3n) is 1.82. The van der Waals surface area contributed by atoms with Crippen LogP contribution in [0.4, 0.5) is 0 Å². The molecule has 0 aliphatic rings. The number of rotatable bonds is 5. The summed E-state index contributed by atoms with van der Waals surface area (Å²) >= 11 is 0. The van der Waals surface area contributed by atoms with Crippen LogP contribution < -0.4 is 0 Å². The van der Waals surface area contributed by atoms with E-state index in [1.165, 1.54) is 18.2 Å². The van der Waals surface area contributed by atoms with E-state index in [0.717, 1.165) is 0 Å². The van der Waals surface area contributed by atoms with Crippen LogP contribution >= 0.6 is 0 Å². The molecule has 0 unspecified atom stereocenters.